The zero-order valence-electron chi connectivity index (χ0n) is 9.39. The summed E-state index contributed by atoms with van der Waals surface area (Å²) in [6, 6.07) is 11.8. The van der Waals surface area contributed by atoms with Gasteiger partial charge in [-0.3, -0.25) is 0 Å². The fourth-order valence-corrected chi connectivity index (χ4v) is 2.60. The largest absolute Gasteiger partial charge is 0.496 e. The summed E-state index contributed by atoms with van der Waals surface area (Å²) in [4.78, 5) is 5.09. The molecule has 0 unspecified atom stereocenters. The van der Waals surface area contributed by atoms with Gasteiger partial charge in [0.15, 0.2) is 0 Å². The van der Waals surface area contributed by atoms with Crippen LogP contribution in [0.4, 0.5) is 0 Å². The van der Waals surface area contributed by atoms with Crippen molar-refractivity contribution in [1.29, 1.82) is 0 Å². The topological polar surface area (TPSA) is 22.1 Å². The molecule has 2 nitrogen and oxygen atoms in total. The summed E-state index contributed by atoms with van der Waals surface area (Å²) in [7, 11) is 1.68. The van der Waals surface area contributed by atoms with E-state index in [4.69, 9.17) is 16.3 Å². The van der Waals surface area contributed by atoms with Gasteiger partial charge in [0.1, 0.15) is 10.9 Å². The van der Waals surface area contributed by atoms with E-state index in [9.17, 15) is 0 Å². The van der Waals surface area contributed by atoms with Gasteiger partial charge in [-0.25, -0.2) is 4.98 Å². The first-order valence-electron chi connectivity index (χ1n) is 5.16. The third kappa shape index (κ3) is 3.38. The van der Waals surface area contributed by atoms with E-state index in [0.29, 0.717) is 5.15 Å². The standard InChI is InChI=1S/C13H12ClNOS/c1-16-11-4-2-3-5-12(11)17-9-10-6-7-15-13(14)8-10/h2-8H,9H2,1H3. The molecule has 4 heteroatoms. The Balaban J connectivity index is 2.07. The van der Waals surface area contributed by atoms with E-state index >= 15 is 0 Å². The fourth-order valence-electron chi connectivity index (χ4n) is 1.43. The first-order valence-corrected chi connectivity index (χ1v) is 6.52. The molecule has 0 radical (unpaired) electrons. The highest BCUT2D eigenvalue weighted by Crippen LogP contribution is 2.31. The predicted octanol–water partition coefficient (Wildman–Crippen LogP) is 4.04. The van der Waals surface area contributed by atoms with E-state index < -0.39 is 0 Å². The average Bonchev–Trinajstić information content (AvgIpc) is 2.37. The van der Waals surface area contributed by atoms with Crippen molar-refractivity contribution in [3.63, 3.8) is 0 Å². The minimum Gasteiger partial charge on any atom is -0.496 e. The smallest absolute Gasteiger partial charge is 0.132 e. The molecule has 0 aliphatic carbocycles. The second-order valence-electron chi connectivity index (χ2n) is 3.43. The maximum Gasteiger partial charge on any atom is 0.132 e. The molecule has 0 saturated heterocycles. The van der Waals surface area contributed by atoms with E-state index in [1.165, 1.54) is 0 Å². The highest BCUT2D eigenvalue weighted by atomic mass is 35.5. The van der Waals surface area contributed by atoms with Crippen molar-refractivity contribution in [2.75, 3.05) is 7.11 Å². The van der Waals surface area contributed by atoms with Gasteiger partial charge in [0, 0.05) is 16.8 Å². The van der Waals surface area contributed by atoms with Crippen LogP contribution in [0.15, 0.2) is 47.5 Å². The molecule has 0 atom stereocenters. The first kappa shape index (κ1) is 12.3. The molecule has 2 aromatic rings. The van der Waals surface area contributed by atoms with Gasteiger partial charge in [-0.05, 0) is 29.8 Å². The Labute approximate surface area is 110 Å². The number of ether oxygens (including phenoxy) is 1. The van der Waals surface area contributed by atoms with Gasteiger partial charge in [-0.2, -0.15) is 0 Å². The molecule has 0 N–H and O–H groups in total. The number of hydrogen-bond acceptors (Lipinski definition) is 3. The normalized spacial score (nSPS) is 10.2. The summed E-state index contributed by atoms with van der Waals surface area (Å²) in [5.41, 5.74) is 1.15. The first-order chi connectivity index (χ1) is 8.29. The number of benzene rings is 1. The second kappa shape index (κ2) is 5.94. The third-order valence-electron chi connectivity index (χ3n) is 2.25. The van der Waals surface area contributed by atoms with E-state index in [1.54, 1.807) is 25.1 Å². The number of hydrogen-bond donors (Lipinski definition) is 0. The van der Waals surface area contributed by atoms with Gasteiger partial charge < -0.3 is 4.74 Å². The van der Waals surface area contributed by atoms with Crippen molar-refractivity contribution >= 4 is 23.4 Å². The molecular weight excluding hydrogens is 254 g/mol. The Hall–Kier alpha value is -1.19. The Morgan fingerprint density at radius 3 is 2.88 bits per heavy atom. The van der Waals surface area contributed by atoms with E-state index in [1.807, 2.05) is 36.4 Å². The number of nitrogens with zero attached hydrogens (tertiary/aromatic N) is 1. The third-order valence-corrected chi connectivity index (χ3v) is 3.59. The van der Waals surface area contributed by atoms with E-state index in [-0.39, 0.29) is 0 Å². The molecule has 1 aromatic carbocycles. The monoisotopic (exact) mass is 265 g/mol. The number of halogens is 1. The molecule has 1 aromatic heterocycles. The van der Waals surface area contributed by atoms with Crippen molar-refractivity contribution in [3.05, 3.63) is 53.3 Å². The SMILES string of the molecule is COc1ccccc1SCc1ccnc(Cl)c1. The van der Waals surface area contributed by atoms with E-state index in [2.05, 4.69) is 4.98 Å². The molecule has 1 heterocycles. The molecular formula is C13H12ClNOS. The minimum atomic E-state index is 0.531. The molecule has 88 valence electrons. The molecule has 0 bridgehead atoms. The molecule has 0 fully saturated rings. The number of aromatic nitrogens is 1. The van der Waals surface area contributed by atoms with Crippen LogP contribution in [0.3, 0.4) is 0 Å². The lowest BCUT2D eigenvalue weighted by molar-refractivity contribution is 0.405. The van der Waals surface area contributed by atoms with Crippen LogP contribution in [0.5, 0.6) is 5.75 Å². The van der Waals surface area contributed by atoms with Gasteiger partial charge in [0.05, 0.1) is 7.11 Å². The fraction of sp³-hybridized carbons (Fsp3) is 0.154. The van der Waals surface area contributed by atoms with Crippen LogP contribution in [0.2, 0.25) is 5.15 Å². The van der Waals surface area contributed by atoms with Gasteiger partial charge in [0.2, 0.25) is 0 Å². The quantitative estimate of drug-likeness (QED) is 0.615. The summed E-state index contributed by atoms with van der Waals surface area (Å²) >= 11 is 7.56. The zero-order valence-corrected chi connectivity index (χ0v) is 11.0. The van der Waals surface area contributed by atoms with Crippen molar-refractivity contribution in [3.8, 4) is 5.75 Å². The number of pyridine rings is 1. The molecule has 0 saturated carbocycles. The van der Waals surface area contributed by atoms with Gasteiger partial charge in [-0.15, -0.1) is 11.8 Å². The van der Waals surface area contributed by atoms with Gasteiger partial charge >= 0.3 is 0 Å². The van der Waals surface area contributed by atoms with Crippen LogP contribution in [0.25, 0.3) is 0 Å². The lowest BCUT2D eigenvalue weighted by Crippen LogP contribution is -1.87. The second-order valence-corrected chi connectivity index (χ2v) is 4.83. The summed E-state index contributed by atoms with van der Waals surface area (Å²) in [6.45, 7) is 0. The summed E-state index contributed by atoms with van der Waals surface area (Å²) in [5, 5.41) is 0.531. The minimum absolute atomic E-state index is 0.531. The van der Waals surface area contributed by atoms with Crippen LogP contribution in [0.1, 0.15) is 5.56 Å². The maximum atomic E-state index is 5.84. The predicted molar refractivity (Wildman–Crippen MR) is 71.8 cm³/mol. The summed E-state index contributed by atoms with van der Waals surface area (Å²) in [6.07, 6.45) is 1.72. The van der Waals surface area contributed by atoms with Crippen molar-refractivity contribution in [1.82, 2.24) is 4.98 Å². The number of methoxy groups -OCH3 is 1. The lowest BCUT2D eigenvalue weighted by Gasteiger charge is -2.07. The number of thioether (sulfide) groups is 1. The molecule has 0 amide bonds. The van der Waals surface area contributed by atoms with Crippen LogP contribution >= 0.6 is 23.4 Å². The zero-order chi connectivity index (χ0) is 12.1. The Kier molecular flexibility index (Phi) is 4.29. The van der Waals surface area contributed by atoms with Crippen LogP contribution in [0, 0.1) is 0 Å². The summed E-state index contributed by atoms with van der Waals surface area (Å²) < 4.78 is 5.30. The van der Waals surface area contributed by atoms with Crippen LogP contribution in [-0.2, 0) is 5.75 Å². The molecule has 0 spiro atoms. The number of para-hydroxylation sites is 1. The highest BCUT2D eigenvalue weighted by Gasteiger charge is 2.03. The van der Waals surface area contributed by atoms with Crippen molar-refractivity contribution < 1.29 is 4.74 Å². The molecule has 2 rings (SSSR count). The Morgan fingerprint density at radius 1 is 1.29 bits per heavy atom. The molecule has 17 heavy (non-hydrogen) atoms. The lowest BCUT2D eigenvalue weighted by atomic mass is 10.3. The summed E-state index contributed by atoms with van der Waals surface area (Å²) in [5.74, 6) is 1.75. The highest BCUT2D eigenvalue weighted by molar-refractivity contribution is 7.98. The molecule has 0 aliphatic rings. The van der Waals surface area contributed by atoms with Gasteiger partial charge in [0.25, 0.3) is 0 Å². The van der Waals surface area contributed by atoms with Crippen molar-refractivity contribution in [2.45, 2.75) is 10.6 Å². The maximum absolute atomic E-state index is 5.84. The van der Waals surface area contributed by atoms with Gasteiger partial charge in [-0.1, -0.05) is 23.7 Å². The Morgan fingerprint density at radius 2 is 2.12 bits per heavy atom. The number of rotatable bonds is 4. The van der Waals surface area contributed by atoms with Crippen molar-refractivity contribution in [2.24, 2.45) is 0 Å². The van der Waals surface area contributed by atoms with E-state index in [0.717, 1.165) is 22.0 Å². The molecule has 0 aliphatic heterocycles. The Bertz CT molecular complexity index is 504. The van der Waals surface area contributed by atoms with Crippen LogP contribution in [-0.4, -0.2) is 12.1 Å². The van der Waals surface area contributed by atoms with Crippen LogP contribution < -0.4 is 4.74 Å². The average molecular weight is 266 g/mol.